The van der Waals surface area contributed by atoms with Crippen molar-refractivity contribution in [3.63, 3.8) is 0 Å². The van der Waals surface area contributed by atoms with Crippen molar-refractivity contribution in [2.24, 2.45) is 0 Å². The first-order valence-corrected chi connectivity index (χ1v) is 9.73. The highest BCUT2D eigenvalue weighted by molar-refractivity contribution is 7.99. The summed E-state index contributed by atoms with van der Waals surface area (Å²) < 4.78 is 5.22. The van der Waals surface area contributed by atoms with E-state index >= 15 is 0 Å². The second kappa shape index (κ2) is 8.55. The van der Waals surface area contributed by atoms with Crippen LogP contribution >= 0.6 is 23.4 Å². The number of amides is 1. The molecule has 0 spiro atoms. The van der Waals surface area contributed by atoms with Crippen LogP contribution in [-0.2, 0) is 16.0 Å². The van der Waals surface area contributed by atoms with Crippen molar-refractivity contribution >= 4 is 35.2 Å². The van der Waals surface area contributed by atoms with E-state index in [9.17, 15) is 9.59 Å². The minimum Gasteiger partial charge on any atom is -0.481 e. The predicted molar refractivity (Wildman–Crippen MR) is 98.1 cm³/mol. The molecule has 3 rings (SSSR count). The Morgan fingerprint density at radius 1 is 1.35 bits per heavy atom. The molecule has 1 aromatic heterocycles. The summed E-state index contributed by atoms with van der Waals surface area (Å²) in [6.45, 7) is 0.571. The normalized spacial score (nSPS) is 17.3. The van der Waals surface area contributed by atoms with Crippen molar-refractivity contribution in [3.8, 4) is 11.4 Å². The lowest BCUT2D eigenvalue weighted by Gasteiger charge is -2.34. The van der Waals surface area contributed by atoms with E-state index in [1.165, 1.54) is 0 Å². The Labute approximate surface area is 159 Å². The smallest absolute Gasteiger partial charge is 0.305 e. The third-order valence-corrected chi connectivity index (χ3v) is 5.43. The summed E-state index contributed by atoms with van der Waals surface area (Å²) in [6, 6.07) is 6.82. The van der Waals surface area contributed by atoms with E-state index in [4.69, 9.17) is 21.2 Å². The summed E-state index contributed by atoms with van der Waals surface area (Å²) >= 11 is 7.54. The number of carboxylic acid groups (broad SMARTS) is 1. The number of carboxylic acids is 1. The number of aryl methyl sites for hydroxylation is 1. The van der Waals surface area contributed by atoms with Gasteiger partial charge in [0.2, 0.25) is 17.6 Å². The van der Waals surface area contributed by atoms with Gasteiger partial charge in [0, 0.05) is 41.5 Å². The maximum atomic E-state index is 12.5. The monoisotopic (exact) mass is 395 g/mol. The molecule has 9 heteroatoms. The molecule has 0 saturated carbocycles. The van der Waals surface area contributed by atoms with Gasteiger partial charge in [-0.25, -0.2) is 0 Å². The largest absolute Gasteiger partial charge is 0.481 e. The lowest BCUT2D eigenvalue weighted by atomic mass is 10.1. The highest BCUT2D eigenvalue weighted by Crippen LogP contribution is 2.21. The molecule has 1 unspecified atom stereocenters. The van der Waals surface area contributed by atoms with Gasteiger partial charge < -0.3 is 14.5 Å². The third kappa shape index (κ3) is 4.76. The van der Waals surface area contributed by atoms with E-state index in [1.807, 2.05) is 0 Å². The first-order valence-electron chi connectivity index (χ1n) is 8.20. The number of nitrogens with zero attached hydrogens (tertiary/aromatic N) is 3. The van der Waals surface area contributed by atoms with Crippen LogP contribution in [0, 0.1) is 0 Å². The van der Waals surface area contributed by atoms with Gasteiger partial charge in [0.1, 0.15) is 0 Å². The molecule has 1 aliphatic heterocycles. The molecule has 1 amide bonds. The van der Waals surface area contributed by atoms with Crippen molar-refractivity contribution in [1.29, 1.82) is 0 Å². The van der Waals surface area contributed by atoms with E-state index in [-0.39, 0.29) is 24.8 Å². The summed E-state index contributed by atoms with van der Waals surface area (Å²) in [5.74, 6) is 1.33. The topological polar surface area (TPSA) is 96.5 Å². The predicted octanol–water partition coefficient (Wildman–Crippen LogP) is 2.74. The minimum absolute atomic E-state index is 0.0278. The standard InChI is InChI=1S/C17H18ClN3O4S/c18-12-3-1-11(2-4-12)17-19-14(25-20-17)5-6-15(22)21-7-8-26-10-13(21)9-16(23)24/h1-4,13H,5-10H2,(H,23,24). The zero-order valence-corrected chi connectivity index (χ0v) is 15.5. The Morgan fingerprint density at radius 2 is 2.12 bits per heavy atom. The quantitative estimate of drug-likeness (QED) is 0.803. The highest BCUT2D eigenvalue weighted by atomic mass is 35.5. The first kappa shape index (κ1) is 18.7. The first-order chi connectivity index (χ1) is 12.5. The van der Waals surface area contributed by atoms with Crippen LogP contribution < -0.4 is 0 Å². The number of thioether (sulfide) groups is 1. The van der Waals surface area contributed by atoms with E-state index < -0.39 is 5.97 Å². The van der Waals surface area contributed by atoms with Crippen LogP contribution in [0.15, 0.2) is 28.8 Å². The van der Waals surface area contributed by atoms with Gasteiger partial charge in [-0.3, -0.25) is 9.59 Å². The number of carbonyl (C=O) groups is 2. The molecule has 1 fully saturated rings. The second-order valence-corrected chi connectivity index (χ2v) is 7.52. The van der Waals surface area contributed by atoms with E-state index in [2.05, 4.69) is 10.1 Å². The molecule has 1 atom stereocenters. The van der Waals surface area contributed by atoms with Crippen LogP contribution in [0.25, 0.3) is 11.4 Å². The number of benzene rings is 1. The summed E-state index contributed by atoms with van der Waals surface area (Å²) in [4.78, 5) is 29.5. The number of aromatic nitrogens is 2. The highest BCUT2D eigenvalue weighted by Gasteiger charge is 2.28. The molecule has 0 radical (unpaired) electrons. The number of hydrogen-bond donors (Lipinski definition) is 1. The van der Waals surface area contributed by atoms with Crippen molar-refractivity contribution in [1.82, 2.24) is 15.0 Å². The maximum absolute atomic E-state index is 12.5. The average molecular weight is 396 g/mol. The van der Waals surface area contributed by atoms with Crippen molar-refractivity contribution in [2.75, 3.05) is 18.1 Å². The van der Waals surface area contributed by atoms with Crippen LogP contribution in [-0.4, -0.2) is 56.1 Å². The van der Waals surface area contributed by atoms with Crippen LogP contribution in [0.3, 0.4) is 0 Å². The van der Waals surface area contributed by atoms with E-state index in [0.29, 0.717) is 35.5 Å². The lowest BCUT2D eigenvalue weighted by molar-refractivity contribution is -0.140. The average Bonchev–Trinajstić information content (AvgIpc) is 3.09. The molecule has 2 aromatic rings. The molecule has 1 aliphatic rings. The van der Waals surface area contributed by atoms with Gasteiger partial charge in [-0.05, 0) is 24.3 Å². The molecule has 7 nitrogen and oxygen atoms in total. The van der Waals surface area contributed by atoms with Gasteiger partial charge >= 0.3 is 5.97 Å². The van der Waals surface area contributed by atoms with Crippen LogP contribution in [0.1, 0.15) is 18.7 Å². The van der Waals surface area contributed by atoms with Gasteiger partial charge in [-0.2, -0.15) is 16.7 Å². The zero-order valence-electron chi connectivity index (χ0n) is 13.9. The van der Waals surface area contributed by atoms with Crippen molar-refractivity contribution < 1.29 is 19.2 Å². The molecule has 26 heavy (non-hydrogen) atoms. The fourth-order valence-electron chi connectivity index (χ4n) is 2.78. The van der Waals surface area contributed by atoms with Crippen molar-refractivity contribution in [2.45, 2.75) is 25.3 Å². The fourth-order valence-corrected chi connectivity index (χ4v) is 3.97. The Bertz CT molecular complexity index is 781. The van der Waals surface area contributed by atoms with Gasteiger partial charge in [0.05, 0.1) is 12.5 Å². The molecular weight excluding hydrogens is 378 g/mol. The van der Waals surface area contributed by atoms with E-state index in [1.54, 1.807) is 40.9 Å². The fraction of sp³-hybridized carbons (Fsp3) is 0.412. The van der Waals surface area contributed by atoms with Gasteiger partial charge in [-0.1, -0.05) is 16.8 Å². The zero-order chi connectivity index (χ0) is 18.5. The molecule has 1 aromatic carbocycles. The van der Waals surface area contributed by atoms with E-state index in [0.717, 1.165) is 11.3 Å². The van der Waals surface area contributed by atoms with Crippen LogP contribution in [0.5, 0.6) is 0 Å². The maximum Gasteiger partial charge on any atom is 0.305 e. The van der Waals surface area contributed by atoms with Crippen LogP contribution in [0.2, 0.25) is 5.02 Å². The summed E-state index contributed by atoms with van der Waals surface area (Å²) in [5.41, 5.74) is 0.783. The summed E-state index contributed by atoms with van der Waals surface area (Å²) in [7, 11) is 0. The second-order valence-electron chi connectivity index (χ2n) is 5.93. The molecule has 138 valence electrons. The van der Waals surface area contributed by atoms with Gasteiger partial charge in [-0.15, -0.1) is 0 Å². The number of hydrogen-bond acceptors (Lipinski definition) is 6. The third-order valence-electron chi connectivity index (χ3n) is 4.08. The van der Waals surface area contributed by atoms with Gasteiger partial charge in [0.25, 0.3) is 0 Å². The summed E-state index contributed by atoms with van der Waals surface area (Å²) in [5, 5.41) is 13.6. The number of halogens is 1. The van der Waals surface area contributed by atoms with Crippen LogP contribution in [0.4, 0.5) is 0 Å². The summed E-state index contributed by atoms with van der Waals surface area (Å²) in [6.07, 6.45) is 0.506. The number of carbonyl (C=O) groups excluding carboxylic acids is 1. The molecule has 1 N–H and O–H groups in total. The Morgan fingerprint density at radius 3 is 2.85 bits per heavy atom. The minimum atomic E-state index is -0.889. The number of aliphatic carboxylic acids is 1. The Hall–Kier alpha value is -2.06. The Kier molecular flexibility index (Phi) is 6.16. The van der Waals surface area contributed by atoms with Gasteiger partial charge in [0.15, 0.2) is 0 Å². The molecular formula is C17H18ClN3O4S. The Balaban J connectivity index is 1.59. The molecule has 0 aliphatic carbocycles. The molecule has 0 bridgehead atoms. The lowest BCUT2D eigenvalue weighted by Crippen LogP contribution is -2.47. The SMILES string of the molecule is O=C(O)CC1CSCCN1C(=O)CCc1nc(-c2ccc(Cl)cc2)no1. The molecule has 2 heterocycles. The number of rotatable bonds is 6. The molecule has 1 saturated heterocycles. The van der Waals surface area contributed by atoms with Crippen molar-refractivity contribution in [3.05, 3.63) is 35.2 Å².